The summed E-state index contributed by atoms with van der Waals surface area (Å²) in [7, 11) is 1.76. The van der Waals surface area contributed by atoms with E-state index in [-0.39, 0.29) is 12.0 Å². The number of piperazine rings is 1. The van der Waals surface area contributed by atoms with Crippen LogP contribution in [0.4, 0.5) is 17.7 Å². The fourth-order valence-corrected chi connectivity index (χ4v) is 4.23. The zero-order chi connectivity index (χ0) is 24.1. The van der Waals surface area contributed by atoms with Crippen molar-refractivity contribution < 1.29 is 9.53 Å². The van der Waals surface area contributed by atoms with Crippen molar-refractivity contribution in [3.05, 3.63) is 41.2 Å². The number of fused-ring (bicyclic) bond motifs is 1. The van der Waals surface area contributed by atoms with Crippen LogP contribution in [0.25, 0.3) is 10.9 Å². The normalized spacial score (nSPS) is 15.2. The van der Waals surface area contributed by atoms with Gasteiger partial charge in [0.1, 0.15) is 12.1 Å². The molecule has 0 bridgehead atoms. The second-order valence-electron chi connectivity index (χ2n) is 8.03. The number of halogens is 1. The van der Waals surface area contributed by atoms with Gasteiger partial charge in [0.15, 0.2) is 0 Å². The first-order valence-corrected chi connectivity index (χ1v) is 11.7. The molecular weight excluding hydrogens is 456 g/mol. The Morgan fingerprint density at radius 3 is 2.68 bits per heavy atom. The first-order chi connectivity index (χ1) is 16.5. The average molecular weight is 485 g/mol. The number of rotatable bonds is 8. The summed E-state index contributed by atoms with van der Waals surface area (Å²) in [4.78, 5) is 33.9. The van der Waals surface area contributed by atoms with Gasteiger partial charge in [0, 0.05) is 44.2 Å². The van der Waals surface area contributed by atoms with Gasteiger partial charge in [-0.05, 0) is 26.0 Å². The monoisotopic (exact) mass is 484 g/mol. The van der Waals surface area contributed by atoms with Crippen molar-refractivity contribution in [2.45, 2.75) is 19.9 Å². The third-order valence-electron chi connectivity index (χ3n) is 5.74. The molecule has 34 heavy (non-hydrogen) atoms. The molecule has 1 aliphatic rings. The van der Waals surface area contributed by atoms with Crippen molar-refractivity contribution in [1.82, 2.24) is 24.8 Å². The van der Waals surface area contributed by atoms with E-state index < -0.39 is 0 Å². The molecule has 3 aromatic rings. The lowest BCUT2D eigenvalue weighted by Gasteiger charge is -2.36. The first kappa shape index (κ1) is 23.9. The summed E-state index contributed by atoms with van der Waals surface area (Å²) in [5, 5.41) is 7.87. The molecule has 10 nitrogen and oxygen atoms in total. The third-order valence-corrected chi connectivity index (χ3v) is 6.05. The Balaban J connectivity index is 1.60. The lowest BCUT2D eigenvalue weighted by Crippen LogP contribution is -2.48. The summed E-state index contributed by atoms with van der Waals surface area (Å²) in [5.41, 5.74) is 1.78. The van der Waals surface area contributed by atoms with Gasteiger partial charge in [-0.2, -0.15) is 4.98 Å². The highest BCUT2D eigenvalue weighted by molar-refractivity contribution is 6.35. The number of nitrogens with one attached hydrogen (secondary N) is 2. The van der Waals surface area contributed by atoms with Crippen LogP contribution < -0.4 is 15.5 Å². The van der Waals surface area contributed by atoms with Crippen molar-refractivity contribution in [3.63, 3.8) is 0 Å². The van der Waals surface area contributed by atoms with E-state index in [1.54, 1.807) is 7.05 Å². The number of para-hydroxylation sites is 1. The van der Waals surface area contributed by atoms with Crippen molar-refractivity contribution >= 4 is 46.2 Å². The molecule has 1 aliphatic heterocycles. The lowest BCUT2D eigenvalue weighted by atomic mass is 10.0. The second kappa shape index (κ2) is 10.8. The Hall–Kier alpha value is -3.24. The zero-order valence-electron chi connectivity index (χ0n) is 19.6. The molecule has 1 aromatic carbocycles. The first-order valence-electron chi connectivity index (χ1n) is 11.3. The second-order valence-corrected chi connectivity index (χ2v) is 8.44. The standard InChI is InChI=1S/C23H29ClN8O2/c1-4-34-19(33)13-31-8-10-32(11-9-31)21-17(12-16-6-5-7-18(24)20(16)29-21)15(2)28-23-27-14-26-22(25-3)30-23/h5-7,12,14-15H,4,8-11,13H2,1-3H3,(H2,25,26,27,28,30)/t15-/m0/s1. The number of anilines is 3. The number of benzene rings is 1. The molecule has 0 radical (unpaired) electrons. The van der Waals surface area contributed by atoms with E-state index in [1.807, 2.05) is 25.1 Å². The fraction of sp³-hybridized carbons (Fsp3) is 0.435. The highest BCUT2D eigenvalue weighted by atomic mass is 35.5. The minimum absolute atomic E-state index is 0.129. The topological polar surface area (TPSA) is 108 Å². The molecular formula is C23H29ClN8O2. The molecule has 2 aromatic heterocycles. The fourth-order valence-electron chi connectivity index (χ4n) is 4.01. The molecule has 4 rings (SSSR count). The number of carbonyl (C=O) groups excluding carboxylic acids is 1. The number of carbonyl (C=O) groups is 1. The minimum atomic E-state index is -0.191. The summed E-state index contributed by atoms with van der Waals surface area (Å²) in [5.74, 6) is 1.64. The number of hydrogen-bond donors (Lipinski definition) is 2. The molecule has 3 heterocycles. The molecule has 0 amide bonds. The molecule has 0 unspecified atom stereocenters. The molecule has 1 saturated heterocycles. The molecule has 0 aliphatic carbocycles. The van der Waals surface area contributed by atoms with Gasteiger partial charge in [-0.25, -0.2) is 15.0 Å². The third kappa shape index (κ3) is 5.45. The van der Waals surface area contributed by atoms with Crippen LogP contribution in [0.5, 0.6) is 0 Å². The summed E-state index contributed by atoms with van der Waals surface area (Å²) < 4.78 is 5.09. The van der Waals surface area contributed by atoms with Crippen molar-refractivity contribution in [2.75, 3.05) is 61.9 Å². The summed E-state index contributed by atoms with van der Waals surface area (Å²) in [6.07, 6.45) is 1.47. The highest BCUT2D eigenvalue weighted by Crippen LogP contribution is 2.33. The Labute approximate surface area is 203 Å². The summed E-state index contributed by atoms with van der Waals surface area (Å²) in [6.45, 7) is 7.51. The van der Waals surface area contributed by atoms with E-state index in [4.69, 9.17) is 21.3 Å². The number of esters is 1. The predicted molar refractivity (Wildman–Crippen MR) is 133 cm³/mol. The van der Waals surface area contributed by atoms with Crippen molar-refractivity contribution in [2.24, 2.45) is 0 Å². The molecule has 2 N–H and O–H groups in total. The average Bonchev–Trinajstić information content (AvgIpc) is 2.84. The van der Waals surface area contributed by atoms with Gasteiger partial charge in [0.2, 0.25) is 11.9 Å². The van der Waals surface area contributed by atoms with E-state index in [9.17, 15) is 4.79 Å². The maximum absolute atomic E-state index is 11.9. The number of hydrogen-bond acceptors (Lipinski definition) is 10. The summed E-state index contributed by atoms with van der Waals surface area (Å²) in [6, 6.07) is 7.77. The van der Waals surface area contributed by atoms with E-state index in [0.29, 0.717) is 30.1 Å². The van der Waals surface area contributed by atoms with Gasteiger partial charge in [-0.3, -0.25) is 9.69 Å². The minimum Gasteiger partial charge on any atom is -0.465 e. The van der Waals surface area contributed by atoms with Gasteiger partial charge in [-0.15, -0.1) is 0 Å². The molecule has 0 saturated carbocycles. The molecule has 180 valence electrons. The SMILES string of the molecule is CCOC(=O)CN1CCN(c2nc3c(Cl)cccc3cc2[C@H](C)Nc2ncnc(NC)n2)CC1. The van der Waals surface area contributed by atoms with Gasteiger partial charge >= 0.3 is 5.97 Å². The van der Waals surface area contributed by atoms with Crippen LogP contribution >= 0.6 is 11.6 Å². The Morgan fingerprint density at radius 2 is 1.94 bits per heavy atom. The van der Waals surface area contributed by atoms with Gasteiger partial charge in [0.05, 0.1) is 29.7 Å². The van der Waals surface area contributed by atoms with Crippen LogP contribution in [0.1, 0.15) is 25.5 Å². The molecule has 11 heteroatoms. The van der Waals surface area contributed by atoms with Crippen molar-refractivity contribution in [1.29, 1.82) is 0 Å². The quantitative estimate of drug-likeness (QED) is 0.463. The van der Waals surface area contributed by atoms with Crippen LogP contribution in [-0.4, -0.2) is 77.2 Å². The van der Waals surface area contributed by atoms with Gasteiger partial charge in [-0.1, -0.05) is 23.7 Å². The van der Waals surface area contributed by atoms with Crippen LogP contribution in [0.15, 0.2) is 30.6 Å². The van der Waals surface area contributed by atoms with Crippen LogP contribution in [0.2, 0.25) is 5.02 Å². The summed E-state index contributed by atoms with van der Waals surface area (Å²) >= 11 is 6.48. The molecule has 1 atom stereocenters. The Kier molecular flexibility index (Phi) is 7.59. The largest absolute Gasteiger partial charge is 0.465 e. The van der Waals surface area contributed by atoms with Gasteiger partial charge in [0.25, 0.3) is 0 Å². The maximum atomic E-state index is 11.9. The maximum Gasteiger partial charge on any atom is 0.320 e. The van der Waals surface area contributed by atoms with Crippen molar-refractivity contribution in [3.8, 4) is 0 Å². The van der Waals surface area contributed by atoms with Gasteiger partial charge < -0.3 is 20.3 Å². The Bertz CT molecular complexity index is 1150. The van der Waals surface area contributed by atoms with Crippen LogP contribution in [0, 0.1) is 0 Å². The number of nitrogens with zero attached hydrogens (tertiary/aromatic N) is 6. The lowest BCUT2D eigenvalue weighted by molar-refractivity contribution is -0.144. The van der Waals surface area contributed by atoms with E-state index in [2.05, 4.69) is 48.4 Å². The number of pyridine rings is 1. The highest BCUT2D eigenvalue weighted by Gasteiger charge is 2.25. The smallest absolute Gasteiger partial charge is 0.320 e. The molecule has 0 spiro atoms. The predicted octanol–water partition coefficient (Wildman–Crippen LogP) is 2.97. The zero-order valence-corrected chi connectivity index (χ0v) is 20.3. The van der Waals surface area contributed by atoms with Crippen LogP contribution in [0.3, 0.4) is 0 Å². The number of ether oxygens (including phenoxy) is 1. The Morgan fingerprint density at radius 1 is 1.18 bits per heavy atom. The number of aromatic nitrogens is 4. The van der Waals surface area contributed by atoms with Crippen LogP contribution in [-0.2, 0) is 9.53 Å². The molecule has 1 fully saturated rings. The van der Waals surface area contributed by atoms with E-state index in [0.717, 1.165) is 48.5 Å². The van der Waals surface area contributed by atoms with E-state index in [1.165, 1.54) is 6.33 Å². The van der Waals surface area contributed by atoms with E-state index >= 15 is 0 Å².